The summed E-state index contributed by atoms with van der Waals surface area (Å²) in [5.74, 6) is -1.48. The van der Waals surface area contributed by atoms with Gasteiger partial charge in [-0.05, 0) is 56.5 Å². The molecule has 0 aromatic carbocycles. The lowest BCUT2D eigenvalue weighted by atomic mass is 9.89. The smallest absolute Gasteiger partial charge is 0.410 e. The SMILES string of the molecule is CC(=O)c1c(C)c2cnc(Nc3ccc(N4CCN(C(=O)OC5CC(Nc6nc(F)ccc6C(=O)O)C5)CC4)cn3)nc2n(C2CCCC2)c1=O. The van der Waals surface area contributed by atoms with Gasteiger partial charge in [0.05, 0.1) is 17.4 Å². The maximum atomic E-state index is 13.6. The molecule has 1 aliphatic heterocycles. The predicted molar refractivity (Wildman–Crippen MR) is 185 cm³/mol. The van der Waals surface area contributed by atoms with Gasteiger partial charge in [0.25, 0.3) is 5.56 Å². The highest BCUT2D eigenvalue weighted by atomic mass is 19.1. The number of amides is 1. The molecule has 0 radical (unpaired) electrons. The predicted octanol–water partition coefficient (Wildman–Crippen LogP) is 4.69. The molecule has 3 N–H and O–H groups in total. The summed E-state index contributed by atoms with van der Waals surface area (Å²) in [6.07, 6.45) is 7.31. The lowest BCUT2D eigenvalue weighted by Gasteiger charge is -2.39. The number of aryl methyl sites for hydroxylation is 1. The van der Waals surface area contributed by atoms with Crippen LogP contribution >= 0.6 is 0 Å². The van der Waals surface area contributed by atoms with Crippen LogP contribution in [0, 0.1) is 12.9 Å². The zero-order chi connectivity index (χ0) is 35.8. The van der Waals surface area contributed by atoms with Gasteiger partial charge in [-0.1, -0.05) is 12.8 Å². The van der Waals surface area contributed by atoms with Crippen LogP contribution in [0.3, 0.4) is 0 Å². The Balaban J connectivity index is 0.933. The monoisotopic (exact) mass is 699 g/mol. The first-order valence-electron chi connectivity index (χ1n) is 17.1. The molecule has 0 atom stereocenters. The van der Waals surface area contributed by atoms with Crippen molar-refractivity contribution in [2.75, 3.05) is 41.7 Å². The number of ether oxygens (including phenoxy) is 1. The molecule has 3 aliphatic rings. The van der Waals surface area contributed by atoms with Crippen molar-refractivity contribution in [3.8, 4) is 0 Å². The number of aromatic carboxylic acids is 1. The first-order valence-corrected chi connectivity index (χ1v) is 17.1. The molecule has 266 valence electrons. The highest BCUT2D eigenvalue weighted by molar-refractivity contribution is 5.99. The highest BCUT2D eigenvalue weighted by Crippen LogP contribution is 2.32. The van der Waals surface area contributed by atoms with E-state index in [4.69, 9.17) is 9.72 Å². The van der Waals surface area contributed by atoms with Crippen molar-refractivity contribution < 1.29 is 28.6 Å². The van der Waals surface area contributed by atoms with Crippen molar-refractivity contribution in [2.24, 2.45) is 0 Å². The number of carboxylic acids is 1. The van der Waals surface area contributed by atoms with Gasteiger partial charge in [0.15, 0.2) is 5.78 Å². The molecule has 0 spiro atoms. The molecular weight excluding hydrogens is 661 g/mol. The number of carbonyl (C=O) groups excluding carboxylic acids is 2. The molecule has 15 nitrogen and oxygen atoms in total. The molecule has 16 heteroatoms. The first kappa shape index (κ1) is 33.8. The number of carbonyl (C=O) groups is 3. The fraction of sp³-hybridized carbons (Fsp3) is 0.429. The van der Waals surface area contributed by atoms with Gasteiger partial charge in [-0.2, -0.15) is 9.37 Å². The van der Waals surface area contributed by atoms with Crippen LogP contribution in [-0.2, 0) is 4.74 Å². The van der Waals surface area contributed by atoms with Crippen LogP contribution in [-0.4, -0.2) is 90.7 Å². The summed E-state index contributed by atoms with van der Waals surface area (Å²) in [5.41, 5.74) is 1.74. The second kappa shape index (κ2) is 13.9. The van der Waals surface area contributed by atoms with E-state index in [-0.39, 0.29) is 46.5 Å². The number of pyridine rings is 3. The summed E-state index contributed by atoms with van der Waals surface area (Å²) >= 11 is 0. The minimum atomic E-state index is -1.21. The average molecular weight is 700 g/mol. The van der Waals surface area contributed by atoms with Crippen molar-refractivity contribution in [1.29, 1.82) is 0 Å². The number of fused-ring (bicyclic) bond motifs is 1. The van der Waals surface area contributed by atoms with Crippen molar-refractivity contribution in [3.05, 3.63) is 69.7 Å². The Morgan fingerprint density at radius 2 is 1.73 bits per heavy atom. The van der Waals surface area contributed by atoms with Crippen LogP contribution in [0.25, 0.3) is 11.0 Å². The molecule has 0 bridgehead atoms. The number of hydrogen-bond acceptors (Lipinski definition) is 12. The minimum Gasteiger partial charge on any atom is -0.478 e. The standard InChI is InChI=1S/C35H38FN9O6/c1-19-26-18-38-34(42-31(26)45(22-5-3-4-6-22)32(47)29(19)20(2)46)41-28-10-7-23(17-37-28)43-11-13-44(14-12-43)35(50)51-24-15-21(16-24)39-30-25(33(48)49)8-9-27(36)40-30/h7-10,17-18,21-22,24H,3-6,11-16H2,1-2H3,(H,39,40)(H,48,49)(H,37,38,41,42). The molecular formula is C35H38FN9O6. The zero-order valence-corrected chi connectivity index (χ0v) is 28.3. The lowest BCUT2D eigenvalue weighted by Crippen LogP contribution is -2.51. The van der Waals surface area contributed by atoms with Gasteiger partial charge in [-0.15, -0.1) is 0 Å². The third kappa shape index (κ3) is 6.90. The number of nitrogens with one attached hydrogen (secondary N) is 2. The van der Waals surface area contributed by atoms with Gasteiger partial charge in [0, 0.05) is 62.7 Å². The molecule has 2 aliphatic carbocycles. The number of rotatable bonds is 9. The number of carboxylic acid groups (broad SMARTS) is 1. The molecule has 5 heterocycles. The number of ketones is 1. The van der Waals surface area contributed by atoms with E-state index in [1.807, 2.05) is 12.1 Å². The first-order chi connectivity index (χ1) is 24.5. The molecule has 2 saturated carbocycles. The fourth-order valence-electron chi connectivity index (χ4n) is 7.13. The van der Waals surface area contributed by atoms with E-state index < -0.39 is 18.0 Å². The van der Waals surface area contributed by atoms with E-state index in [1.54, 1.807) is 28.8 Å². The quantitative estimate of drug-likeness (QED) is 0.162. The Bertz CT molecular complexity index is 2050. The molecule has 3 fully saturated rings. The molecule has 0 unspecified atom stereocenters. The van der Waals surface area contributed by atoms with E-state index in [2.05, 4.69) is 30.5 Å². The zero-order valence-electron chi connectivity index (χ0n) is 28.3. The Morgan fingerprint density at radius 3 is 2.39 bits per heavy atom. The van der Waals surface area contributed by atoms with Crippen LogP contribution in [0.2, 0.25) is 0 Å². The average Bonchev–Trinajstić information content (AvgIpc) is 3.62. The number of piperazine rings is 1. The van der Waals surface area contributed by atoms with Crippen molar-refractivity contribution in [3.63, 3.8) is 0 Å². The number of halogens is 1. The Hall–Kier alpha value is -5.67. The molecule has 1 saturated heterocycles. The van der Waals surface area contributed by atoms with Crippen molar-refractivity contribution >= 4 is 52.2 Å². The largest absolute Gasteiger partial charge is 0.478 e. The minimum absolute atomic E-state index is 0.0180. The third-order valence-electron chi connectivity index (χ3n) is 9.94. The topological polar surface area (TPSA) is 185 Å². The second-order valence-corrected chi connectivity index (χ2v) is 13.3. The lowest BCUT2D eigenvalue weighted by molar-refractivity contribution is 0.0205. The fourth-order valence-corrected chi connectivity index (χ4v) is 7.13. The number of Topliss-reactive ketones (excluding diaryl/α,β-unsaturated/α-hetero) is 1. The van der Waals surface area contributed by atoms with Gasteiger partial charge in [-0.3, -0.25) is 14.2 Å². The van der Waals surface area contributed by atoms with Gasteiger partial charge >= 0.3 is 12.1 Å². The maximum absolute atomic E-state index is 13.6. The van der Waals surface area contributed by atoms with Gasteiger partial charge in [0.1, 0.15) is 29.0 Å². The van der Waals surface area contributed by atoms with Gasteiger partial charge in [0.2, 0.25) is 11.9 Å². The van der Waals surface area contributed by atoms with E-state index in [0.29, 0.717) is 67.4 Å². The Labute approximate surface area is 291 Å². The van der Waals surface area contributed by atoms with Crippen LogP contribution in [0.5, 0.6) is 0 Å². The van der Waals surface area contributed by atoms with E-state index in [0.717, 1.165) is 43.5 Å². The Morgan fingerprint density at radius 1 is 0.980 bits per heavy atom. The molecule has 51 heavy (non-hydrogen) atoms. The Kier molecular flexibility index (Phi) is 9.23. The van der Waals surface area contributed by atoms with E-state index >= 15 is 0 Å². The second-order valence-electron chi connectivity index (χ2n) is 13.3. The number of anilines is 4. The number of hydrogen-bond donors (Lipinski definition) is 3. The summed E-state index contributed by atoms with van der Waals surface area (Å²) in [6.45, 7) is 5.25. The summed E-state index contributed by atoms with van der Waals surface area (Å²) in [7, 11) is 0. The summed E-state index contributed by atoms with van der Waals surface area (Å²) < 4.78 is 20.9. The summed E-state index contributed by atoms with van der Waals surface area (Å²) in [5, 5.41) is 16.1. The molecule has 4 aromatic rings. The third-order valence-corrected chi connectivity index (χ3v) is 9.94. The number of nitrogens with zero attached hydrogens (tertiary/aromatic N) is 7. The van der Waals surface area contributed by atoms with Crippen molar-refractivity contribution in [1.82, 2.24) is 29.4 Å². The summed E-state index contributed by atoms with van der Waals surface area (Å²) in [6, 6.07) is 5.70. The highest BCUT2D eigenvalue weighted by Gasteiger charge is 2.35. The summed E-state index contributed by atoms with van der Waals surface area (Å²) in [4.78, 5) is 71.4. The van der Waals surface area contributed by atoms with Crippen molar-refractivity contribution in [2.45, 2.75) is 70.6 Å². The molecule has 1 amide bonds. The maximum Gasteiger partial charge on any atom is 0.410 e. The van der Waals surface area contributed by atoms with Crippen LogP contribution in [0.15, 0.2) is 41.5 Å². The number of aromatic nitrogens is 5. The van der Waals surface area contributed by atoms with Crippen LogP contribution in [0.4, 0.5) is 32.5 Å². The van der Waals surface area contributed by atoms with Gasteiger partial charge < -0.3 is 30.3 Å². The van der Waals surface area contributed by atoms with Crippen LogP contribution < -0.4 is 21.1 Å². The van der Waals surface area contributed by atoms with E-state index in [1.165, 1.54) is 6.92 Å². The molecule has 7 rings (SSSR count). The van der Waals surface area contributed by atoms with Crippen LogP contribution in [0.1, 0.15) is 77.8 Å². The van der Waals surface area contributed by atoms with E-state index in [9.17, 15) is 28.7 Å². The van der Waals surface area contributed by atoms with Gasteiger partial charge in [-0.25, -0.2) is 24.5 Å². The molecule has 4 aromatic heterocycles. The normalized spacial score (nSPS) is 19.1.